The van der Waals surface area contributed by atoms with Crippen LogP contribution in [0.3, 0.4) is 0 Å². The maximum Gasteiger partial charge on any atom is 0.251 e. The van der Waals surface area contributed by atoms with Gasteiger partial charge in [0.05, 0.1) is 18.2 Å². The van der Waals surface area contributed by atoms with Gasteiger partial charge in [0.1, 0.15) is 5.82 Å². The lowest BCUT2D eigenvalue weighted by molar-refractivity contribution is 0.0954. The fraction of sp³-hybridized carbons (Fsp3) is 0.0952. The van der Waals surface area contributed by atoms with Crippen molar-refractivity contribution >= 4 is 5.91 Å². The molecule has 1 N–H and O–H groups in total. The van der Waals surface area contributed by atoms with E-state index in [0.29, 0.717) is 16.8 Å². The van der Waals surface area contributed by atoms with Crippen LogP contribution in [0.2, 0.25) is 0 Å². The minimum absolute atomic E-state index is 0.131. The number of nitrogens with zero attached hydrogens (tertiary/aromatic N) is 2. The van der Waals surface area contributed by atoms with E-state index in [1.807, 2.05) is 6.07 Å². The molecule has 3 rings (SSSR count). The molecule has 3 aromatic rings. The Labute approximate surface area is 160 Å². The van der Waals surface area contributed by atoms with E-state index in [-0.39, 0.29) is 30.5 Å². The number of nitrogens with one attached hydrogen (secondary N) is 1. The van der Waals surface area contributed by atoms with E-state index in [4.69, 9.17) is 10.00 Å². The number of hydrogen-bond donors (Lipinski definition) is 1. The Morgan fingerprint density at radius 3 is 2.71 bits per heavy atom. The minimum atomic E-state index is -0.830. The molecule has 0 saturated heterocycles. The second-order valence-corrected chi connectivity index (χ2v) is 5.78. The van der Waals surface area contributed by atoms with Gasteiger partial charge in [0.2, 0.25) is 5.88 Å². The molecule has 0 spiro atoms. The monoisotopic (exact) mass is 379 g/mol. The maximum atomic E-state index is 13.8. The van der Waals surface area contributed by atoms with Crippen LogP contribution in [-0.2, 0) is 0 Å². The molecule has 5 nitrogen and oxygen atoms in total. The van der Waals surface area contributed by atoms with Crippen LogP contribution in [0, 0.1) is 23.0 Å². The summed E-state index contributed by atoms with van der Waals surface area (Å²) in [5, 5.41) is 11.2. The van der Waals surface area contributed by atoms with Gasteiger partial charge in [0.25, 0.3) is 5.91 Å². The van der Waals surface area contributed by atoms with Crippen molar-refractivity contribution in [2.45, 2.75) is 6.42 Å². The summed E-state index contributed by atoms with van der Waals surface area (Å²) < 4.78 is 32.2. The Morgan fingerprint density at radius 1 is 1.11 bits per heavy atom. The van der Waals surface area contributed by atoms with Crippen molar-refractivity contribution in [2.75, 3.05) is 6.54 Å². The van der Waals surface area contributed by atoms with Gasteiger partial charge in [-0.05, 0) is 30.3 Å². The molecule has 0 radical (unpaired) electrons. The molecule has 1 amide bonds. The normalized spacial score (nSPS) is 10.2. The van der Waals surface area contributed by atoms with Gasteiger partial charge in [-0.2, -0.15) is 5.26 Å². The topological polar surface area (TPSA) is 75.0 Å². The molecule has 0 aliphatic carbocycles. The lowest BCUT2D eigenvalue weighted by Gasteiger charge is -2.09. The van der Waals surface area contributed by atoms with Crippen molar-refractivity contribution in [2.24, 2.45) is 0 Å². The molecule has 1 heterocycles. The van der Waals surface area contributed by atoms with Crippen LogP contribution in [-0.4, -0.2) is 17.4 Å². The van der Waals surface area contributed by atoms with Gasteiger partial charge in [0.15, 0.2) is 11.6 Å². The highest BCUT2D eigenvalue weighted by Gasteiger charge is 2.10. The summed E-state index contributed by atoms with van der Waals surface area (Å²) >= 11 is 0. The second-order valence-electron chi connectivity index (χ2n) is 5.78. The largest absolute Gasteiger partial charge is 0.436 e. The standard InChI is InChI=1S/C21H15F2N3O2/c22-16-8-9-19(17(23)13-16)28-20-7-2-6-18(26-20)14-4-1-5-15(12-14)21(27)25-11-3-10-24/h1-2,4-9,12-13H,3,11H2,(H,25,27). The summed E-state index contributed by atoms with van der Waals surface area (Å²) in [5.74, 6) is -1.83. The fourth-order valence-electron chi connectivity index (χ4n) is 2.46. The highest BCUT2D eigenvalue weighted by molar-refractivity contribution is 5.95. The Balaban J connectivity index is 1.81. The number of rotatable bonds is 6. The fourth-order valence-corrected chi connectivity index (χ4v) is 2.46. The van der Waals surface area contributed by atoms with Gasteiger partial charge in [0, 0.05) is 29.8 Å². The van der Waals surface area contributed by atoms with E-state index in [1.165, 1.54) is 6.07 Å². The van der Waals surface area contributed by atoms with Crippen molar-refractivity contribution < 1.29 is 18.3 Å². The number of ether oxygens (including phenoxy) is 1. The van der Waals surface area contributed by atoms with Crippen LogP contribution in [0.1, 0.15) is 16.8 Å². The highest BCUT2D eigenvalue weighted by Crippen LogP contribution is 2.26. The number of amides is 1. The minimum Gasteiger partial charge on any atom is -0.436 e. The smallest absolute Gasteiger partial charge is 0.251 e. The average molecular weight is 379 g/mol. The third kappa shape index (κ3) is 4.68. The number of nitriles is 1. The summed E-state index contributed by atoms with van der Waals surface area (Å²) in [6.07, 6.45) is 0.228. The molecule has 0 fully saturated rings. The second kappa shape index (κ2) is 8.73. The zero-order valence-electron chi connectivity index (χ0n) is 14.7. The van der Waals surface area contributed by atoms with E-state index in [0.717, 1.165) is 12.1 Å². The molecular formula is C21H15F2N3O2. The molecule has 0 aliphatic rings. The molecule has 0 saturated carbocycles. The van der Waals surface area contributed by atoms with Crippen LogP contribution in [0.25, 0.3) is 11.3 Å². The number of carbonyl (C=O) groups excluding carboxylic acids is 1. The SMILES string of the molecule is N#CCCNC(=O)c1cccc(-c2cccc(Oc3ccc(F)cc3F)n2)c1. The number of aromatic nitrogens is 1. The molecule has 0 bridgehead atoms. The first-order valence-corrected chi connectivity index (χ1v) is 8.42. The van der Waals surface area contributed by atoms with Gasteiger partial charge >= 0.3 is 0 Å². The first-order valence-electron chi connectivity index (χ1n) is 8.42. The predicted molar refractivity (Wildman–Crippen MR) is 98.7 cm³/mol. The van der Waals surface area contributed by atoms with Gasteiger partial charge in [-0.1, -0.05) is 18.2 Å². The third-order valence-electron chi connectivity index (χ3n) is 3.77. The molecule has 0 atom stereocenters. The predicted octanol–water partition coefficient (Wildman–Crippen LogP) is 4.46. The van der Waals surface area contributed by atoms with Gasteiger partial charge in [-0.25, -0.2) is 13.8 Å². The van der Waals surface area contributed by atoms with E-state index in [2.05, 4.69) is 10.3 Å². The Morgan fingerprint density at radius 2 is 1.93 bits per heavy atom. The molecule has 2 aromatic carbocycles. The van der Waals surface area contributed by atoms with Crippen molar-refractivity contribution in [1.29, 1.82) is 5.26 Å². The summed E-state index contributed by atoms with van der Waals surface area (Å²) in [5.41, 5.74) is 1.61. The van der Waals surface area contributed by atoms with E-state index in [9.17, 15) is 13.6 Å². The quantitative estimate of drug-likeness (QED) is 0.642. The van der Waals surface area contributed by atoms with Crippen molar-refractivity contribution in [1.82, 2.24) is 10.3 Å². The van der Waals surface area contributed by atoms with Crippen molar-refractivity contribution in [3.63, 3.8) is 0 Å². The Kier molecular flexibility index (Phi) is 5.92. The van der Waals surface area contributed by atoms with Crippen molar-refractivity contribution in [3.8, 4) is 29.0 Å². The number of hydrogen-bond acceptors (Lipinski definition) is 4. The molecule has 28 heavy (non-hydrogen) atoms. The first-order chi connectivity index (χ1) is 13.6. The van der Waals surface area contributed by atoms with Crippen molar-refractivity contribution in [3.05, 3.63) is 77.9 Å². The molecule has 0 unspecified atom stereocenters. The molecule has 140 valence electrons. The van der Waals surface area contributed by atoms with E-state index in [1.54, 1.807) is 42.5 Å². The maximum absolute atomic E-state index is 13.8. The van der Waals surface area contributed by atoms with Crippen LogP contribution in [0.4, 0.5) is 8.78 Å². The third-order valence-corrected chi connectivity index (χ3v) is 3.77. The molecule has 1 aromatic heterocycles. The number of carbonyl (C=O) groups is 1. The van der Waals surface area contributed by atoms with Gasteiger partial charge in [-0.15, -0.1) is 0 Å². The van der Waals surface area contributed by atoms with Crippen LogP contribution in [0.5, 0.6) is 11.6 Å². The van der Waals surface area contributed by atoms with Crippen LogP contribution in [0.15, 0.2) is 60.7 Å². The Hall–Kier alpha value is -3.79. The first kappa shape index (κ1) is 19.0. The molecule has 7 heteroatoms. The van der Waals surface area contributed by atoms with Gasteiger partial charge in [-0.3, -0.25) is 4.79 Å². The van der Waals surface area contributed by atoms with Crippen LogP contribution >= 0.6 is 0 Å². The Bertz CT molecular complexity index is 1050. The highest BCUT2D eigenvalue weighted by atomic mass is 19.1. The van der Waals surface area contributed by atoms with Gasteiger partial charge < -0.3 is 10.1 Å². The summed E-state index contributed by atoms with van der Waals surface area (Å²) in [6.45, 7) is 0.268. The summed E-state index contributed by atoms with van der Waals surface area (Å²) in [7, 11) is 0. The summed E-state index contributed by atoms with van der Waals surface area (Å²) in [4.78, 5) is 16.5. The lowest BCUT2D eigenvalue weighted by Crippen LogP contribution is -2.24. The number of pyridine rings is 1. The zero-order chi connectivity index (χ0) is 19.9. The van der Waals surface area contributed by atoms with E-state index < -0.39 is 11.6 Å². The number of halogens is 2. The van der Waals surface area contributed by atoms with Crippen LogP contribution < -0.4 is 10.1 Å². The molecular weight excluding hydrogens is 364 g/mol. The van der Waals surface area contributed by atoms with E-state index >= 15 is 0 Å². The average Bonchev–Trinajstić information content (AvgIpc) is 2.70. The number of benzene rings is 2. The molecule has 0 aliphatic heterocycles. The zero-order valence-corrected chi connectivity index (χ0v) is 14.7. The lowest BCUT2D eigenvalue weighted by atomic mass is 10.1. The summed E-state index contributed by atoms with van der Waals surface area (Å²) in [6, 6.07) is 16.7.